The number of quaternary nitrogens is 1. The number of carbonyl (C=O) groups is 2. The highest BCUT2D eigenvalue weighted by Crippen LogP contribution is 2.15. The fraction of sp³-hybridized carbons (Fsp3) is 0.316. The van der Waals surface area contributed by atoms with Crippen LogP contribution in [0.25, 0.3) is 0 Å². The number of benzene rings is 1. The summed E-state index contributed by atoms with van der Waals surface area (Å²) in [4.78, 5) is 30.5. The molecular weight excluding hydrogens is 382 g/mol. The predicted octanol–water partition coefficient (Wildman–Crippen LogP) is -0.915. The van der Waals surface area contributed by atoms with Crippen molar-refractivity contribution in [2.24, 2.45) is 0 Å². The summed E-state index contributed by atoms with van der Waals surface area (Å²) in [6.45, 7) is 3.55. The van der Waals surface area contributed by atoms with Crippen molar-refractivity contribution in [3.63, 3.8) is 0 Å². The van der Waals surface area contributed by atoms with Crippen molar-refractivity contribution in [1.29, 1.82) is 0 Å². The predicted molar refractivity (Wildman–Crippen MR) is 104 cm³/mol. The number of carbonyl (C=O) groups excluding carboxylic acids is 2. The minimum absolute atomic E-state index is 0.193. The molecular formula is C19H24ClN5O3+2. The number of ether oxygens (including phenoxy) is 1. The summed E-state index contributed by atoms with van der Waals surface area (Å²) in [5.74, 6) is 0.958. The largest absolute Gasteiger partial charge is 0.484 e. The molecule has 1 aromatic heterocycles. The lowest BCUT2D eigenvalue weighted by atomic mass is 10.3. The van der Waals surface area contributed by atoms with Gasteiger partial charge >= 0.3 is 0 Å². The van der Waals surface area contributed by atoms with Crippen LogP contribution in [0.2, 0.25) is 5.02 Å². The number of nitrogens with one attached hydrogen (secondary N) is 4. The molecule has 148 valence electrons. The molecule has 0 atom stereocenters. The number of hydrogen-bond acceptors (Lipinski definition) is 4. The second-order valence-electron chi connectivity index (χ2n) is 6.50. The smallest absolute Gasteiger partial charge is 0.293 e. The Bertz CT molecular complexity index is 780. The molecule has 0 radical (unpaired) electrons. The second kappa shape index (κ2) is 9.91. The summed E-state index contributed by atoms with van der Waals surface area (Å²) < 4.78 is 5.32. The third-order valence-electron chi connectivity index (χ3n) is 4.44. The van der Waals surface area contributed by atoms with Crippen molar-refractivity contribution in [2.75, 3.05) is 44.2 Å². The maximum Gasteiger partial charge on any atom is 0.293 e. The summed E-state index contributed by atoms with van der Waals surface area (Å²) in [7, 11) is 0. The minimum atomic E-state index is -0.428. The van der Waals surface area contributed by atoms with Gasteiger partial charge in [-0.15, -0.1) is 0 Å². The van der Waals surface area contributed by atoms with Crippen LogP contribution in [-0.2, 0) is 9.59 Å². The zero-order valence-electron chi connectivity index (χ0n) is 15.4. The fourth-order valence-electron chi connectivity index (χ4n) is 2.95. The van der Waals surface area contributed by atoms with E-state index in [1.54, 1.807) is 24.3 Å². The van der Waals surface area contributed by atoms with Gasteiger partial charge in [0.05, 0.1) is 6.20 Å². The molecule has 2 amide bonds. The average Bonchev–Trinajstić information content (AvgIpc) is 2.73. The van der Waals surface area contributed by atoms with Gasteiger partial charge in [-0.25, -0.2) is 4.98 Å². The van der Waals surface area contributed by atoms with Gasteiger partial charge in [-0.05, 0) is 30.3 Å². The molecule has 2 heterocycles. The number of H-pyrrole nitrogens is 1. The Balaban J connectivity index is 1.32. The Morgan fingerprint density at radius 1 is 1.07 bits per heavy atom. The fourth-order valence-corrected chi connectivity index (χ4v) is 3.07. The molecule has 4 N–H and O–H groups in total. The molecule has 1 aliphatic rings. The topological polar surface area (TPSA) is 89.2 Å². The van der Waals surface area contributed by atoms with Gasteiger partial charge < -0.3 is 9.64 Å². The normalized spacial score (nSPS) is 14.4. The van der Waals surface area contributed by atoms with Crippen LogP contribution in [0.5, 0.6) is 5.75 Å². The first-order valence-electron chi connectivity index (χ1n) is 9.11. The van der Waals surface area contributed by atoms with E-state index >= 15 is 0 Å². The number of halogens is 1. The Hall–Kier alpha value is -2.84. The number of aromatic nitrogens is 1. The molecule has 3 rings (SSSR count). The van der Waals surface area contributed by atoms with Crippen LogP contribution in [0, 0.1) is 0 Å². The molecule has 0 unspecified atom stereocenters. The summed E-state index contributed by atoms with van der Waals surface area (Å²) in [5, 5.41) is 0.592. The van der Waals surface area contributed by atoms with E-state index in [0.29, 0.717) is 17.3 Å². The standard InChI is InChI=1S/C19H22ClN5O3/c20-15-4-6-16(7-5-15)28-14-19(27)23-22-18(26)13-24-9-11-25(12-10-24)17-3-1-2-8-21-17/h1-8H,9-14H2,(H,22,26)(H,23,27)/p+2. The molecule has 1 aromatic carbocycles. The lowest BCUT2D eigenvalue weighted by molar-refractivity contribution is -0.892. The van der Waals surface area contributed by atoms with Crippen molar-refractivity contribution >= 4 is 29.2 Å². The number of nitrogens with zero attached hydrogens (tertiary/aromatic N) is 1. The van der Waals surface area contributed by atoms with Crippen LogP contribution < -0.4 is 30.4 Å². The number of aromatic amines is 1. The first-order chi connectivity index (χ1) is 13.6. The number of hydrogen-bond donors (Lipinski definition) is 3. The quantitative estimate of drug-likeness (QED) is 0.543. The maximum absolute atomic E-state index is 12.1. The van der Waals surface area contributed by atoms with Crippen LogP contribution in [-0.4, -0.2) is 51.1 Å². The Morgan fingerprint density at radius 3 is 2.46 bits per heavy atom. The Labute approximate surface area is 168 Å². The van der Waals surface area contributed by atoms with Gasteiger partial charge in [-0.2, -0.15) is 0 Å². The molecule has 1 fully saturated rings. The van der Waals surface area contributed by atoms with Gasteiger partial charge in [-0.3, -0.25) is 25.3 Å². The highest BCUT2D eigenvalue weighted by atomic mass is 35.5. The molecule has 9 heteroatoms. The summed E-state index contributed by atoms with van der Waals surface area (Å²) in [6.07, 6.45) is 1.90. The maximum atomic E-state index is 12.1. The number of anilines is 1. The van der Waals surface area contributed by atoms with Gasteiger partial charge in [-0.1, -0.05) is 17.7 Å². The lowest BCUT2D eigenvalue weighted by Crippen LogP contribution is -3.16. The highest BCUT2D eigenvalue weighted by Gasteiger charge is 2.27. The number of hydrazine groups is 1. The van der Waals surface area contributed by atoms with Crippen molar-refractivity contribution in [3.8, 4) is 5.75 Å². The van der Waals surface area contributed by atoms with Gasteiger partial charge in [0.1, 0.15) is 31.9 Å². The molecule has 0 aliphatic carbocycles. The van der Waals surface area contributed by atoms with E-state index in [0.717, 1.165) is 32.0 Å². The first kappa shape index (κ1) is 19.9. The van der Waals surface area contributed by atoms with E-state index < -0.39 is 5.91 Å². The zero-order valence-corrected chi connectivity index (χ0v) is 16.2. The summed E-state index contributed by atoms with van der Waals surface area (Å²) in [5.41, 5.74) is 4.81. The first-order valence-corrected chi connectivity index (χ1v) is 9.49. The Morgan fingerprint density at radius 2 is 1.79 bits per heavy atom. The minimum Gasteiger partial charge on any atom is -0.484 e. The van der Waals surface area contributed by atoms with E-state index in [2.05, 4.69) is 20.7 Å². The van der Waals surface area contributed by atoms with Crippen molar-refractivity contribution in [1.82, 2.24) is 10.9 Å². The van der Waals surface area contributed by atoms with Crippen molar-refractivity contribution in [2.45, 2.75) is 0 Å². The molecule has 0 spiro atoms. The van der Waals surface area contributed by atoms with Crippen molar-refractivity contribution in [3.05, 3.63) is 53.7 Å². The number of pyridine rings is 1. The van der Waals surface area contributed by atoms with E-state index in [1.165, 1.54) is 4.90 Å². The van der Waals surface area contributed by atoms with Crippen LogP contribution >= 0.6 is 11.6 Å². The van der Waals surface area contributed by atoms with Gasteiger partial charge in [0, 0.05) is 11.1 Å². The lowest BCUT2D eigenvalue weighted by Gasteiger charge is -2.27. The Kier molecular flexibility index (Phi) is 7.05. The molecule has 0 saturated carbocycles. The summed E-state index contributed by atoms with van der Waals surface area (Å²) in [6, 6.07) is 12.7. The number of piperazine rings is 1. The molecule has 0 bridgehead atoms. The van der Waals surface area contributed by atoms with Crippen molar-refractivity contribution < 1.29 is 24.2 Å². The van der Waals surface area contributed by atoms with Crippen LogP contribution in [0.1, 0.15) is 0 Å². The number of amides is 2. The van der Waals surface area contributed by atoms with Gasteiger partial charge in [0.15, 0.2) is 13.2 Å². The monoisotopic (exact) mass is 405 g/mol. The van der Waals surface area contributed by atoms with Crippen LogP contribution in [0.3, 0.4) is 0 Å². The third kappa shape index (κ3) is 6.11. The number of rotatable bonds is 6. The molecule has 28 heavy (non-hydrogen) atoms. The molecule has 8 nitrogen and oxygen atoms in total. The molecule has 1 aliphatic heterocycles. The second-order valence-corrected chi connectivity index (χ2v) is 6.94. The van der Waals surface area contributed by atoms with E-state index in [9.17, 15) is 9.59 Å². The van der Waals surface area contributed by atoms with Crippen LogP contribution in [0.15, 0.2) is 48.7 Å². The molecule has 2 aromatic rings. The molecule has 1 saturated heterocycles. The van der Waals surface area contributed by atoms with Gasteiger partial charge in [0.25, 0.3) is 17.6 Å². The van der Waals surface area contributed by atoms with E-state index in [-0.39, 0.29) is 12.5 Å². The summed E-state index contributed by atoms with van der Waals surface area (Å²) >= 11 is 5.79. The van der Waals surface area contributed by atoms with E-state index in [4.69, 9.17) is 16.3 Å². The van der Waals surface area contributed by atoms with Gasteiger partial charge in [0.2, 0.25) is 0 Å². The third-order valence-corrected chi connectivity index (χ3v) is 4.69. The zero-order chi connectivity index (χ0) is 19.8. The SMILES string of the molecule is O=C(COc1ccc(Cl)cc1)NNC(=O)C[NH+]1CCN(c2cccc[nH+]2)CC1. The van der Waals surface area contributed by atoms with Crippen LogP contribution in [0.4, 0.5) is 5.82 Å². The highest BCUT2D eigenvalue weighted by molar-refractivity contribution is 6.30. The van der Waals surface area contributed by atoms with E-state index in [1.807, 2.05) is 24.4 Å². The average molecular weight is 406 g/mol.